The SMILES string of the molecule is CC(C)(C)OC(=O)N1CC2CCN(C(=O)COc3cc(Cl)ccc3C(F)(F)F)CCC2C1. The number of alkyl halides is 3. The highest BCUT2D eigenvalue weighted by molar-refractivity contribution is 6.30. The number of hydrogen-bond acceptors (Lipinski definition) is 4. The van der Waals surface area contributed by atoms with Crippen molar-refractivity contribution in [2.24, 2.45) is 11.8 Å². The zero-order chi connectivity index (χ0) is 23.7. The Kier molecular flexibility index (Phi) is 7.17. The molecule has 1 aromatic carbocycles. The number of hydrogen-bond donors (Lipinski definition) is 0. The first kappa shape index (κ1) is 24.5. The molecule has 0 bridgehead atoms. The quantitative estimate of drug-likeness (QED) is 0.626. The van der Waals surface area contributed by atoms with Crippen LogP contribution in [-0.4, -0.2) is 60.2 Å². The number of ether oxygens (including phenoxy) is 2. The van der Waals surface area contributed by atoms with E-state index < -0.39 is 29.7 Å². The minimum absolute atomic E-state index is 0.0950. The largest absolute Gasteiger partial charge is 0.483 e. The van der Waals surface area contributed by atoms with Crippen LogP contribution in [0.4, 0.5) is 18.0 Å². The average Bonchev–Trinajstić information content (AvgIpc) is 2.97. The van der Waals surface area contributed by atoms with E-state index in [0.29, 0.717) is 39.0 Å². The van der Waals surface area contributed by atoms with Crippen LogP contribution in [0.25, 0.3) is 0 Å². The molecular weight excluding hydrogens is 449 g/mol. The highest BCUT2D eigenvalue weighted by Crippen LogP contribution is 2.38. The Labute approximate surface area is 190 Å². The van der Waals surface area contributed by atoms with Gasteiger partial charge in [-0.3, -0.25) is 4.79 Å². The second-order valence-corrected chi connectivity index (χ2v) is 9.73. The lowest BCUT2D eigenvalue weighted by molar-refractivity contribution is -0.141. The van der Waals surface area contributed by atoms with Gasteiger partial charge in [0.1, 0.15) is 11.4 Å². The van der Waals surface area contributed by atoms with Crippen molar-refractivity contribution in [3.8, 4) is 5.75 Å². The van der Waals surface area contributed by atoms with Gasteiger partial charge in [0.15, 0.2) is 6.61 Å². The predicted octanol–water partition coefficient (Wildman–Crippen LogP) is 4.84. The third kappa shape index (κ3) is 6.21. The van der Waals surface area contributed by atoms with Gasteiger partial charge in [0.05, 0.1) is 5.56 Å². The molecule has 2 aliphatic heterocycles. The molecule has 2 amide bonds. The molecule has 10 heteroatoms. The first-order valence-corrected chi connectivity index (χ1v) is 11.0. The van der Waals surface area contributed by atoms with Crippen LogP contribution in [-0.2, 0) is 15.7 Å². The first-order chi connectivity index (χ1) is 14.8. The minimum atomic E-state index is -4.61. The molecule has 3 rings (SSSR count). The van der Waals surface area contributed by atoms with Crippen molar-refractivity contribution in [3.63, 3.8) is 0 Å². The summed E-state index contributed by atoms with van der Waals surface area (Å²) in [6.07, 6.45) is -3.52. The summed E-state index contributed by atoms with van der Waals surface area (Å²) < 4.78 is 50.2. The van der Waals surface area contributed by atoms with Gasteiger partial charge in [-0.25, -0.2) is 4.79 Å². The van der Waals surface area contributed by atoms with Crippen LogP contribution in [0.2, 0.25) is 5.02 Å². The fraction of sp³-hybridized carbons (Fsp3) is 0.636. The number of nitrogens with zero attached hydrogens (tertiary/aromatic N) is 2. The van der Waals surface area contributed by atoms with E-state index in [1.54, 1.807) is 9.80 Å². The Morgan fingerprint density at radius 3 is 2.19 bits per heavy atom. The van der Waals surface area contributed by atoms with E-state index in [0.717, 1.165) is 18.2 Å². The van der Waals surface area contributed by atoms with Crippen LogP contribution < -0.4 is 4.74 Å². The van der Waals surface area contributed by atoms with Gasteiger partial charge < -0.3 is 19.3 Å². The van der Waals surface area contributed by atoms with Gasteiger partial charge >= 0.3 is 12.3 Å². The van der Waals surface area contributed by atoms with E-state index in [9.17, 15) is 22.8 Å². The molecule has 0 spiro atoms. The van der Waals surface area contributed by atoms with Gasteiger partial charge in [0.25, 0.3) is 5.91 Å². The van der Waals surface area contributed by atoms with Crippen LogP contribution in [0.5, 0.6) is 5.75 Å². The summed E-state index contributed by atoms with van der Waals surface area (Å²) in [5, 5.41) is 0.0950. The fourth-order valence-corrected chi connectivity index (χ4v) is 4.32. The lowest BCUT2D eigenvalue weighted by Crippen LogP contribution is -2.38. The average molecular weight is 477 g/mol. The number of halogens is 4. The zero-order valence-corrected chi connectivity index (χ0v) is 19.1. The number of benzene rings is 1. The second-order valence-electron chi connectivity index (χ2n) is 9.29. The Balaban J connectivity index is 1.54. The summed E-state index contributed by atoms with van der Waals surface area (Å²) in [4.78, 5) is 28.3. The Hall–Kier alpha value is -2.16. The fourth-order valence-electron chi connectivity index (χ4n) is 4.15. The molecule has 0 aromatic heterocycles. The summed E-state index contributed by atoms with van der Waals surface area (Å²) in [6.45, 7) is 7.07. The van der Waals surface area contributed by atoms with Crippen LogP contribution in [0, 0.1) is 11.8 Å². The number of carbonyl (C=O) groups is 2. The molecule has 0 radical (unpaired) electrons. The molecule has 6 nitrogen and oxygen atoms in total. The summed E-state index contributed by atoms with van der Waals surface area (Å²) in [5.74, 6) is -0.322. The van der Waals surface area contributed by atoms with Crippen molar-refractivity contribution in [1.82, 2.24) is 9.80 Å². The van der Waals surface area contributed by atoms with Crippen molar-refractivity contribution < 1.29 is 32.2 Å². The van der Waals surface area contributed by atoms with Crippen LogP contribution in [0.15, 0.2) is 18.2 Å². The number of fused-ring (bicyclic) bond motifs is 1. The molecule has 32 heavy (non-hydrogen) atoms. The molecule has 0 aliphatic carbocycles. The topological polar surface area (TPSA) is 59.1 Å². The van der Waals surface area contributed by atoms with E-state index in [2.05, 4.69) is 0 Å². The summed E-state index contributed by atoms with van der Waals surface area (Å²) in [5.41, 5.74) is -1.53. The van der Waals surface area contributed by atoms with E-state index in [4.69, 9.17) is 21.1 Å². The zero-order valence-electron chi connectivity index (χ0n) is 18.4. The number of likely N-dealkylation sites (tertiary alicyclic amines) is 2. The maximum absolute atomic E-state index is 13.2. The monoisotopic (exact) mass is 476 g/mol. The Morgan fingerprint density at radius 1 is 1.06 bits per heavy atom. The Morgan fingerprint density at radius 2 is 1.66 bits per heavy atom. The summed E-state index contributed by atoms with van der Waals surface area (Å²) >= 11 is 5.80. The molecule has 2 unspecified atom stereocenters. The molecule has 0 saturated carbocycles. The van der Waals surface area contributed by atoms with E-state index >= 15 is 0 Å². The van der Waals surface area contributed by atoms with Gasteiger partial charge in [-0.2, -0.15) is 13.2 Å². The molecular formula is C22H28ClF3N2O4. The third-order valence-corrected chi connectivity index (χ3v) is 5.96. The predicted molar refractivity (Wildman–Crippen MR) is 113 cm³/mol. The maximum atomic E-state index is 13.2. The number of carbonyl (C=O) groups excluding carboxylic acids is 2. The van der Waals surface area contributed by atoms with Gasteiger partial charge in [-0.15, -0.1) is 0 Å². The van der Waals surface area contributed by atoms with Crippen LogP contribution >= 0.6 is 11.6 Å². The number of rotatable bonds is 3. The highest BCUT2D eigenvalue weighted by Gasteiger charge is 2.39. The molecule has 2 fully saturated rings. The summed E-state index contributed by atoms with van der Waals surface area (Å²) in [6, 6.07) is 3.04. The van der Waals surface area contributed by atoms with Crippen molar-refractivity contribution in [2.75, 3.05) is 32.8 Å². The van der Waals surface area contributed by atoms with Gasteiger partial charge in [0.2, 0.25) is 0 Å². The summed E-state index contributed by atoms with van der Waals surface area (Å²) in [7, 11) is 0. The molecule has 2 saturated heterocycles. The highest BCUT2D eigenvalue weighted by atomic mass is 35.5. The van der Waals surface area contributed by atoms with Crippen molar-refractivity contribution in [2.45, 2.75) is 45.4 Å². The first-order valence-electron chi connectivity index (χ1n) is 10.6. The van der Waals surface area contributed by atoms with Crippen molar-refractivity contribution >= 4 is 23.6 Å². The van der Waals surface area contributed by atoms with Gasteiger partial charge in [-0.1, -0.05) is 11.6 Å². The van der Waals surface area contributed by atoms with E-state index in [1.165, 1.54) is 0 Å². The molecule has 2 aliphatic rings. The molecule has 178 valence electrons. The smallest absolute Gasteiger partial charge is 0.419 e. The van der Waals surface area contributed by atoms with Gasteiger partial charge in [-0.05, 0) is 63.6 Å². The van der Waals surface area contributed by atoms with E-state index in [-0.39, 0.29) is 28.9 Å². The van der Waals surface area contributed by atoms with Gasteiger partial charge in [0, 0.05) is 31.2 Å². The van der Waals surface area contributed by atoms with E-state index in [1.807, 2.05) is 20.8 Å². The minimum Gasteiger partial charge on any atom is -0.483 e. The molecule has 2 atom stereocenters. The Bertz CT molecular complexity index is 841. The molecule has 2 heterocycles. The molecule has 1 aromatic rings. The maximum Gasteiger partial charge on any atom is 0.419 e. The third-order valence-electron chi connectivity index (χ3n) is 5.72. The van der Waals surface area contributed by atoms with Crippen molar-refractivity contribution in [1.29, 1.82) is 0 Å². The van der Waals surface area contributed by atoms with Crippen LogP contribution in [0.1, 0.15) is 39.2 Å². The lowest BCUT2D eigenvalue weighted by atomic mass is 9.92. The van der Waals surface area contributed by atoms with Crippen LogP contribution in [0.3, 0.4) is 0 Å². The molecule has 0 N–H and O–H groups in total. The second kappa shape index (κ2) is 9.37. The number of amides is 2. The van der Waals surface area contributed by atoms with Crippen molar-refractivity contribution in [3.05, 3.63) is 28.8 Å². The lowest BCUT2D eigenvalue weighted by Gasteiger charge is -2.25. The normalized spacial score (nSPS) is 21.7. The standard InChI is InChI=1S/C22H28ClF3N2O4/c1-21(2,3)32-20(30)28-11-14-6-8-27(9-7-15(14)12-28)19(29)13-31-18-10-16(23)4-5-17(18)22(24,25)26/h4-5,10,14-15H,6-9,11-13H2,1-3H3.